The first-order chi connectivity index (χ1) is 16.0. The van der Waals surface area contributed by atoms with Crippen LogP contribution in [0.15, 0.2) is 36.4 Å². The molecule has 1 aromatic heterocycles. The second-order valence-corrected chi connectivity index (χ2v) is 8.10. The predicted octanol–water partition coefficient (Wildman–Crippen LogP) is 5.22. The van der Waals surface area contributed by atoms with Crippen molar-refractivity contribution in [2.24, 2.45) is 5.73 Å². The van der Waals surface area contributed by atoms with Crippen molar-refractivity contribution in [1.29, 1.82) is 5.26 Å². The number of halogens is 2. The Morgan fingerprint density at radius 2 is 1.94 bits per heavy atom. The fourth-order valence-corrected chi connectivity index (χ4v) is 4.36. The average Bonchev–Trinajstić information content (AvgIpc) is 3.19. The number of benzene rings is 2. The van der Waals surface area contributed by atoms with Crippen molar-refractivity contribution >= 4 is 0 Å². The molecule has 0 saturated heterocycles. The van der Waals surface area contributed by atoms with Gasteiger partial charge in [0.25, 0.3) is 0 Å². The second-order valence-electron chi connectivity index (χ2n) is 8.10. The van der Waals surface area contributed by atoms with E-state index in [1.807, 2.05) is 13.0 Å². The molecule has 0 radical (unpaired) electrons. The smallest absolute Gasteiger partial charge is 0.220 e. The van der Waals surface area contributed by atoms with Gasteiger partial charge in [0.2, 0.25) is 5.88 Å². The van der Waals surface area contributed by atoms with Gasteiger partial charge >= 0.3 is 0 Å². The zero-order chi connectivity index (χ0) is 23.5. The summed E-state index contributed by atoms with van der Waals surface area (Å²) in [7, 11) is 1.39. The lowest BCUT2D eigenvalue weighted by molar-refractivity contribution is 0.248. The van der Waals surface area contributed by atoms with Crippen molar-refractivity contribution in [2.45, 2.75) is 44.7 Å². The first-order valence-electron chi connectivity index (χ1n) is 11.0. The Kier molecular flexibility index (Phi) is 6.61. The molecule has 2 N–H and O–H groups in total. The van der Waals surface area contributed by atoms with E-state index in [4.69, 9.17) is 20.3 Å². The topological polar surface area (TPSA) is 86.1 Å². The Morgan fingerprint density at radius 3 is 2.58 bits per heavy atom. The highest BCUT2D eigenvalue weighted by Gasteiger charge is 2.30. The van der Waals surface area contributed by atoms with Gasteiger partial charge in [-0.1, -0.05) is 12.1 Å². The molecule has 1 saturated carbocycles. The van der Waals surface area contributed by atoms with Crippen LogP contribution >= 0.6 is 0 Å². The van der Waals surface area contributed by atoms with Gasteiger partial charge in [-0.25, -0.2) is 13.5 Å². The van der Waals surface area contributed by atoms with Crippen LogP contribution in [0.4, 0.5) is 8.78 Å². The Hall–Kier alpha value is -3.44. The molecular formula is C25H26F2N4O2. The Labute approximate surface area is 191 Å². The molecular weight excluding hydrogens is 426 g/mol. The highest BCUT2D eigenvalue weighted by molar-refractivity contribution is 5.85. The number of hydrogen-bond donors (Lipinski definition) is 1. The summed E-state index contributed by atoms with van der Waals surface area (Å²) in [5.74, 6) is -0.677. The maximum absolute atomic E-state index is 15.2. The van der Waals surface area contributed by atoms with Crippen LogP contribution in [0.25, 0.3) is 22.4 Å². The largest absolute Gasteiger partial charge is 0.494 e. The van der Waals surface area contributed by atoms with Gasteiger partial charge in [-0.2, -0.15) is 10.4 Å². The minimum atomic E-state index is -0.673. The van der Waals surface area contributed by atoms with Gasteiger partial charge < -0.3 is 15.2 Å². The first-order valence-corrected chi connectivity index (χ1v) is 11.0. The van der Waals surface area contributed by atoms with E-state index in [1.54, 1.807) is 22.9 Å². The number of methoxy groups -OCH3 is 1. The summed E-state index contributed by atoms with van der Waals surface area (Å²) in [5, 5.41) is 14.1. The van der Waals surface area contributed by atoms with Gasteiger partial charge in [-0.15, -0.1) is 0 Å². The fraction of sp³-hybridized carbons (Fsp3) is 0.360. The lowest BCUT2D eigenvalue weighted by Gasteiger charge is -2.27. The summed E-state index contributed by atoms with van der Waals surface area (Å²) < 4.78 is 42.8. The quantitative estimate of drug-likeness (QED) is 0.554. The van der Waals surface area contributed by atoms with Gasteiger partial charge in [-0.05, 0) is 62.4 Å². The van der Waals surface area contributed by atoms with Crippen LogP contribution < -0.4 is 15.2 Å². The molecule has 3 aromatic rings. The van der Waals surface area contributed by atoms with Crippen LogP contribution in [0.2, 0.25) is 0 Å². The van der Waals surface area contributed by atoms with Gasteiger partial charge in [0.1, 0.15) is 17.6 Å². The van der Waals surface area contributed by atoms with E-state index in [-0.39, 0.29) is 29.0 Å². The zero-order valence-corrected chi connectivity index (χ0v) is 18.6. The van der Waals surface area contributed by atoms with E-state index in [2.05, 4.69) is 0 Å². The first kappa shape index (κ1) is 22.7. The molecule has 0 spiro atoms. The molecule has 6 nitrogen and oxygen atoms in total. The Balaban J connectivity index is 1.97. The van der Waals surface area contributed by atoms with Crippen molar-refractivity contribution in [1.82, 2.24) is 9.78 Å². The highest BCUT2D eigenvalue weighted by atomic mass is 19.1. The van der Waals surface area contributed by atoms with Crippen molar-refractivity contribution in [2.75, 3.05) is 13.7 Å². The molecule has 0 atom stereocenters. The van der Waals surface area contributed by atoms with Crippen LogP contribution in [0, 0.1) is 23.0 Å². The molecule has 0 bridgehead atoms. The molecule has 2 aromatic carbocycles. The summed E-state index contributed by atoms with van der Waals surface area (Å²) in [5.41, 5.74) is 7.41. The number of rotatable bonds is 6. The fourth-order valence-electron chi connectivity index (χ4n) is 4.36. The lowest BCUT2D eigenvalue weighted by Crippen LogP contribution is -2.28. The van der Waals surface area contributed by atoms with Crippen molar-refractivity contribution < 1.29 is 18.3 Å². The van der Waals surface area contributed by atoms with Gasteiger partial charge in [0.05, 0.1) is 30.9 Å². The standard InChI is InChI=1S/C25H26F2N4O2/c1-3-33-25-22(15-7-12-21(32-2)20(26)13-15)24(19-6-4-5-16(14-28)23(19)27)30-31(25)18-10-8-17(29)9-11-18/h4-7,12-13,17-18H,3,8-11,29H2,1-2H3. The summed E-state index contributed by atoms with van der Waals surface area (Å²) >= 11 is 0. The normalized spacial score (nSPS) is 18.1. The maximum Gasteiger partial charge on any atom is 0.220 e. The van der Waals surface area contributed by atoms with Crippen LogP contribution in [-0.2, 0) is 0 Å². The molecule has 172 valence electrons. The third-order valence-corrected chi connectivity index (χ3v) is 6.05. The molecule has 8 heteroatoms. The molecule has 0 amide bonds. The van der Waals surface area contributed by atoms with Crippen molar-refractivity contribution in [3.05, 3.63) is 53.6 Å². The monoisotopic (exact) mass is 452 g/mol. The van der Waals surface area contributed by atoms with Crippen molar-refractivity contribution in [3.8, 4) is 40.1 Å². The minimum Gasteiger partial charge on any atom is -0.494 e. The third-order valence-electron chi connectivity index (χ3n) is 6.05. The molecule has 0 aliphatic heterocycles. The van der Waals surface area contributed by atoms with E-state index in [9.17, 15) is 9.65 Å². The Bertz CT molecular complexity index is 1190. The third kappa shape index (κ3) is 4.29. The molecule has 4 rings (SSSR count). The van der Waals surface area contributed by atoms with E-state index in [1.165, 1.54) is 25.3 Å². The predicted molar refractivity (Wildman–Crippen MR) is 121 cm³/mol. The van der Waals surface area contributed by atoms with Gasteiger partial charge in [-0.3, -0.25) is 0 Å². The van der Waals surface area contributed by atoms with E-state index in [0.29, 0.717) is 29.3 Å². The molecule has 1 aliphatic carbocycles. The number of aromatic nitrogens is 2. The van der Waals surface area contributed by atoms with Crippen molar-refractivity contribution in [3.63, 3.8) is 0 Å². The molecule has 1 heterocycles. The summed E-state index contributed by atoms with van der Waals surface area (Å²) in [6, 6.07) is 11.2. The minimum absolute atomic E-state index is 0.0177. The van der Waals surface area contributed by atoms with E-state index >= 15 is 4.39 Å². The number of hydrogen-bond acceptors (Lipinski definition) is 5. The summed E-state index contributed by atoms with van der Waals surface area (Å²) in [6.07, 6.45) is 3.30. The molecule has 0 unspecified atom stereocenters. The van der Waals surface area contributed by atoms with Gasteiger partial charge in [0.15, 0.2) is 11.6 Å². The van der Waals surface area contributed by atoms with Crippen LogP contribution in [0.3, 0.4) is 0 Å². The number of ether oxygens (including phenoxy) is 2. The average molecular weight is 453 g/mol. The van der Waals surface area contributed by atoms with Crippen LogP contribution in [-0.4, -0.2) is 29.5 Å². The number of nitrogens with two attached hydrogens (primary N) is 1. The second kappa shape index (κ2) is 9.59. The molecule has 1 aliphatic rings. The van der Waals surface area contributed by atoms with E-state index in [0.717, 1.165) is 25.7 Å². The summed E-state index contributed by atoms with van der Waals surface area (Å²) in [6.45, 7) is 2.20. The Morgan fingerprint density at radius 1 is 1.18 bits per heavy atom. The number of nitrogens with zero attached hydrogens (tertiary/aromatic N) is 3. The molecule has 33 heavy (non-hydrogen) atoms. The molecule has 1 fully saturated rings. The summed E-state index contributed by atoms with van der Waals surface area (Å²) in [4.78, 5) is 0. The van der Waals surface area contributed by atoms with Gasteiger partial charge in [0, 0.05) is 11.6 Å². The number of nitriles is 1. The highest BCUT2D eigenvalue weighted by Crippen LogP contribution is 2.44. The van der Waals surface area contributed by atoms with E-state index < -0.39 is 11.6 Å². The lowest BCUT2D eigenvalue weighted by atomic mass is 9.92. The SMILES string of the molecule is CCOc1c(-c2ccc(OC)c(F)c2)c(-c2cccc(C#N)c2F)nn1C1CCC(N)CC1. The van der Waals surface area contributed by atoms with Crippen LogP contribution in [0.1, 0.15) is 44.2 Å². The zero-order valence-electron chi connectivity index (χ0n) is 18.6. The maximum atomic E-state index is 15.2. The van der Waals surface area contributed by atoms with Crippen LogP contribution in [0.5, 0.6) is 11.6 Å².